The summed E-state index contributed by atoms with van der Waals surface area (Å²) < 4.78 is 16.1. The Morgan fingerprint density at radius 1 is 0.977 bits per heavy atom. The second-order valence-corrected chi connectivity index (χ2v) is 14.9. The summed E-state index contributed by atoms with van der Waals surface area (Å²) in [6, 6.07) is 3.35. The Morgan fingerprint density at radius 3 is 2.44 bits per heavy atom. The van der Waals surface area contributed by atoms with Crippen molar-refractivity contribution in [3.05, 3.63) is 34.4 Å². The highest BCUT2D eigenvalue weighted by atomic mass is 16.6. The third-order valence-corrected chi connectivity index (χ3v) is 11.5. The summed E-state index contributed by atoms with van der Waals surface area (Å²) in [5, 5.41) is 12.4. The monoisotopic (exact) mass is 600 g/mol. The molecule has 0 unspecified atom stereocenters. The number of rotatable bonds is 5. The Bertz CT molecular complexity index is 1270. The molecule has 3 N–H and O–H groups in total. The Labute approximate surface area is 253 Å². The normalized spacial score (nSPS) is 36.8. The van der Waals surface area contributed by atoms with E-state index in [1.54, 1.807) is 27.0 Å². The molecule has 4 saturated carbocycles. The van der Waals surface area contributed by atoms with E-state index in [1.165, 1.54) is 6.07 Å². The van der Waals surface area contributed by atoms with E-state index in [-0.39, 0.29) is 47.2 Å². The molecule has 0 bridgehead atoms. The molecule has 1 heterocycles. The zero-order chi connectivity index (χ0) is 31.2. The SMILES string of the molecule is CC(C)(C)OC(=O)NNC(=O)CCC(=O)O[C@H]1CC[C@@]2(C)[C@H](CC[C@@H]3[C@@H]2CC[C@]2(C)[C@@H](c4ccc(=O)oc4)CC[C@]32O)C1. The van der Waals surface area contributed by atoms with Gasteiger partial charge in [0.25, 0.3) is 0 Å². The van der Waals surface area contributed by atoms with Crippen molar-refractivity contribution in [1.82, 2.24) is 10.9 Å². The fourth-order valence-corrected chi connectivity index (χ4v) is 9.34. The third kappa shape index (κ3) is 6.08. The molecular weight excluding hydrogens is 552 g/mol. The van der Waals surface area contributed by atoms with Gasteiger partial charge in [-0.1, -0.05) is 13.8 Å². The molecule has 8 atom stereocenters. The minimum Gasteiger partial charge on any atom is -0.462 e. The number of nitrogens with one attached hydrogen (secondary N) is 2. The average Bonchev–Trinajstić information content (AvgIpc) is 3.21. The first kappa shape index (κ1) is 31.5. The van der Waals surface area contributed by atoms with Gasteiger partial charge < -0.3 is 19.0 Å². The summed E-state index contributed by atoms with van der Waals surface area (Å²) in [6.07, 6.45) is 8.59. The Balaban J connectivity index is 1.14. The van der Waals surface area contributed by atoms with Crippen molar-refractivity contribution >= 4 is 18.0 Å². The summed E-state index contributed by atoms with van der Waals surface area (Å²) in [7, 11) is 0. The molecule has 10 nitrogen and oxygen atoms in total. The lowest BCUT2D eigenvalue weighted by Crippen LogP contribution is -2.62. The molecule has 0 saturated heterocycles. The minimum absolute atomic E-state index is 0.0669. The predicted octanol–water partition coefficient (Wildman–Crippen LogP) is 5.13. The van der Waals surface area contributed by atoms with Crippen molar-refractivity contribution in [2.45, 2.75) is 128 Å². The van der Waals surface area contributed by atoms with Gasteiger partial charge in [0.05, 0.1) is 18.3 Å². The van der Waals surface area contributed by atoms with Crippen LogP contribution < -0.4 is 16.5 Å². The van der Waals surface area contributed by atoms with Gasteiger partial charge in [0.15, 0.2) is 0 Å². The maximum Gasteiger partial charge on any atom is 0.426 e. The van der Waals surface area contributed by atoms with Gasteiger partial charge in [-0.15, -0.1) is 0 Å². The standard InChI is InChI=1S/C33H48N2O8/c1-30(2,3)43-29(39)35-34-26(36)9-11-28(38)42-22-12-15-31(4)21(18-22)7-8-25-24(31)13-16-32(5)23(14-17-33(25,32)40)20-6-10-27(37)41-19-20/h6,10,19,21-25,40H,7-9,11-18H2,1-5H3,(H,34,36)(H,35,39)/t21-,22+,23-,24+,25-,31+,32-,33+/m1/s1. The van der Waals surface area contributed by atoms with Gasteiger partial charge in [0, 0.05) is 17.9 Å². The summed E-state index contributed by atoms with van der Waals surface area (Å²) in [4.78, 5) is 48.0. The maximum atomic E-state index is 12.6. The van der Waals surface area contributed by atoms with E-state index in [0.29, 0.717) is 11.8 Å². The van der Waals surface area contributed by atoms with E-state index in [1.807, 2.05) is 6.07 Å². The lowest BCUT2D eigenvalue weighted by atomic mass is 9.43. The van der Waals surface area contributed by atoms with Crippen LogP contribution in [-0.4, -0.2) is 40.4 Å². The number of carbonyl (C=O) groups is 3. The van der Waals surface area contributed by atoms with Gasteiger partial charge in [0.1, 0.15) is 11.7 Å². The van der Waals surface area contributed by atoms with Crippen molar-refractivity contribution in [1.29, 1.82) is 0 Å². The van der Waals surface area contributed by atoms with E-state index in [4.69, 9.17) is 13.9 Å². The van der Waals surface area contributed by atoms with E-state index in [2.05, 4.69) is 24.7 Å². The molecule has 0 aromatic carbocycles. The second kappa shape index (κ2) is 11.6. The van der Waals surface area contributed by atoms with E-state index >= 15 is 0 Å². The van der Waals surface area contributed by atoms with Crippen molar-refractivity contribution < 1.29 is 33.4 Å². The van der Waals surface area contributed by atoms with E-state index < -0.39 is 29.2 Å². The molecule has 4 fully saturated rings. The fourth-order valence-electron chi connectivity index (χ4n) is 9.34. The van der Waals surface area contributed by atoms with E-state index in [0.717, 1.165) is 63.4 Å². The highest BCUT2D eigenvalue weighted by molar-refractivity contribution is 5.82. The number of hydrazine groups is 1. The zero-order valence-electron chi connectivity index (χ0n) is 26.2. The van der Waals surface area contributed by atoms with Crippen LogP contribution in [0.25, 0.3) is 0 Å². The molecule has 5 rings (SSSR count). The second-order valence-electron chi connectivity index (χ2n) is 14.9. The molecule has 2 amide bonds. The van der Waals surface area contributed by atoms with E-state index in [9.17, 15) is 24.3 Å². The summed E-state index contributed by atoms with van der Waals surface area (Å²) >= 11 is 0. The number of aliphatic hydroxyl groups is 1. The highest BCUT2D eigenvalue weighted by Gasteiger charge is 2.67. The van der Waals surface area contributed by atoms with Crippen molar-refractivity contribution in [3.63, 3.8) is 0 Å². The molecular formula is C33H48N2O8. The van der Waals surface area contributed by atoms with Gasteiger partial charge in [-0.3, -0.25) is 15.0 Å². The van der Waals surface area contributed by atoms with Crippen LogP contribution in [0, 0.1) is 28.6 Å². The van der Waals surface area contributed by atoms with Crippen LogP contribution in [0.3, 0.4) is 0 Å². The van der Waals surface area contributed by atoms with Gasteiger partial charge >= 0.3 is 17.7 Å². The molecule has 10 heteroatoms. The minimum atomic E-state index is -0.767. The molecule has 0 radical (unpaired) electrons. The van der Waals surface area contributed by atoms with Gasteiger partial charge in [-0.2, -0.15) is 0 Å². The lowest BCUT2D eigenvalue weighted by molar-refractivity contribution is -0.207. The topological polar surface area (TPSA) is 144 Å². The molecule has 4 aliphatic carbocycles. The van der Waals surface area contributed by atoms with Crippen LogP contribution in [0.4, 0.5) is 4.79 Å². The number of carbonyl (C=O) groups excluding carboxylic acids is 3. The van der Waals surface area contributed by atoms with Crippen molar-refractivity contribution in [2.24, 2.45) is 28.6 Å². The smallest absolute Gasteiger partial charge is 0.426 e. The molecule has 43 heavy (non-hydrogen) atoms. The maximum absolute atomic E-state index is 12.6. The molecule has 1 aromatic heterocycles. The predicted molar refractivity (Wildman–Crippen MR) is 158 cm³/mol. The van der Waals surface area contributed by atoms with Crippen LogP contribution in [0.5, 0.6) is 0 Å². The average molecular weight is 601 g/mol. The van der Waals surface area contributed by atoms with Crippen molar-refractivity contribution in [2.75, 3.05) is 0 Å². The summed E-state index contributed by atoms with van der Waals surface area (Å²) in [5.74, 6) is 0.306. The quantitative estimate of drug-likeness (QED) is 0.312. The first-order valence-corrected chi connectivity index (χ1v) is 15.9. The van der Waals surface area contributed by atoms with Crippen LogP contribution in [-0.2, 0) is 19.1 Å². The molecule has 238 valence electrons. The zero-order valence-corrected chi connectivity index (χ0v) is 26.2. The van der Waals surface area contributed by atoms with Crippen molar-refractivity contribution in [3.8, 4) is 0 Å². The lowest BCUT2D eigenvalue weighted by Gasteiger charge is -2.63. The number of ether oxygens (including phenoxy) is 2. The van der Waals surface area contributed by atoms with Crippen LogP contribution in [0.2, 0.25) is 0 Å². The van der Waals surface area contributed by atoms with Gasteiger partial charge in [-0.25, -0.2) is 15.0 Å². The number of amides is 2. The van der Waals surface area contributed by atoms with Crippen LogP contribution in [0.15, 0.2) is 27.6 Å². The number of hydrogen-bond donors (Lipinski definition) is 3. The highest BCUT2D eigenvalue weighted by Crippen LogP contribution is 2.70. The van der Waals surface area contributed by atoms with Crippen LogP contribution in [0.1, 0.15) is 117 Å². The summed E-state index contributed by atoms with van der Waals surface area (Å²) in [5.41, 5.74) is 3.47. The van der Waals surface area contributed by atoms with Gasteiger partial charge in [-0.05, 0) is 119 Å². The summed E-state index contributed by atoms with van der Waals surface area (Å²) in [6.45, 7) is 9.79. The molecule has 4 aliphatic rings. The Kier molecular flexibility index (Phi) is 8.48. The molecule has 0 aliphatic heterocycles. The first-order valence-electron chi connectivity index (χ1n) is 15.9. The van der Waals surface area contributed by atoms with Gasteiger partial charge in [0.2, 0.25) is 5.91 Å². The first-order chi connectivity index (χ1) is 20.1. The Morgan fingerprint density at radius 2 is 1.74 bits per heavy atom. The molecule has 0 spiro atoms. The third-order valence-electron chi connectivity index (χ3n) is 11.5. The van der Waals surface area contributed by atoms with Crippen LogP contribution >= 0.6 is 0 Å². The Hall–Kier alpha value is -2.88. The number of fused-ring (bicyclic) bond motifs is 5. The largest absolute Gasteiger partial charge is 0.462 e. The number of esters is 1. The fraction of sp³-hybridized carbons (Fsp3) is 0.758. The number of hydrogen-bond acceptors (Lipinski definition) is 8. The molecule has 1 aromatic rings.